The number of hydrogen-bond acceptors (Lipinski definition) is 5. The molecule has 0 bridgehead atoms. The fourth-order valence-electron chi connectivity index (χ4n) is 3.14. The van der Waals surface area contributed by atoms with Crippen molar-refractivity contribution in [1.29, 1.82) is 0 Å². The van der Waals surface area contributed by atoms with E-state index in [-0.39, 0.29) is 6.54 Å². The van der Waals surface area contributed by atoms with E-state index in [0.29, 0.717) is 10.8 Å². The summed E-state index contributed by atoms with van der Waals surface area (Å²) in [6, 6.07) is 7.16. The Balaban J connectivity index is 1.70. The fourth-order valence-corrected chi connectivity index (χ4v) is 4.36. The van der Waals surface area contributed by atoms with Crippen LogP contribution in [0.3, 0.4) is 0 Å². The summed E-state index contributed by atoms with van der Waals surface area (Å²) in [6.45, 7) is 6.29. The highest BCUT2D eigenvalue weighted by Gasteiger charge is 2.25. The van der Waals surface area contributed by atoms with Gasteiger partial charge in [0, 0.05) is 26.2 Å². The quantitative estimate of drug-likeness (QED) is 0.759. The molecule has 0 amide bonds. The van der Waals surface area contributed by atoms with E-state index in [1.165, 1.54) is 6.08 Å². The van der Waals surface area contributed by atoms with Gasteiger partial charge in [0.2, 0.25) is 10.0 Å². The average Bonchev–Trinajstić information content (AvgIpc) is 3.14. The van der Waals surface area contributed by atoms with E-state index in [1.54, 1.807) is 24.8 Å². The van der Waals surface area contributed by atoms with Gasteiger partial charge >= 0.3 is 0 Å². The molecule has 1 N–H and O–H groups in total. The van der Waals surface area contributed by atoms with Crippen LogP contribution in [0.4, 0.5) is 5.69 Å². The van der Waals surface area contributed by atoms with E-state index in [2.05, 4.69) is 26.3 Å². The number of anilines is 1. The number of sulfonamides is 1. The Morgan fingerprint density at radius 2 is 2.04 bits per heavy atom. The molecule has 1 fully saturated rings. The number of hydrogen-bond donors (Lipinski definition) is 1. The lowest BCUT2D eigenvalue weighted by molar-refractivity contribution is 0.341. The SMILES string of the molecule is C=CCNS(=O)(=O)c1ccccc1N1CCC(Cn2cncn2)CC1. The maximum absolute atomic E-state index is 12.5. The van der Waals surface area contributed by atoms with Crippen LogP contribution in [0.15, 0.2) is 54.5 Å². The molecule has 0 saturated carbocycles. The molecule has 0 unspecified atom stereocenters. The highest BCUT2D eigenvalue weighted by Crippen LogP contribution is 2.29. The van der Waals surface area contributed by atoms with Crippen molar-refractivity contribution in [3.8, 4) is 0 Å². The fraction of sp³-hybridized carbons (Fsp3) is 0.412. The number of para-hydroxylation sites is 1. The van der Waals surface area contributed by atoms with Crippen molar-refractivity contribution in [2.45, 2.75) is 24.3 Å². The van der Waals surface area contributed by atoms with Crippen LogP contribution in [0, 0.1) is 5.92 Å². The van der Waals surface area contributed by atoms with Crippen LogP contribution in [0.2, 0.25) is 0 Å². The van der Waals surface area contributed by atoms with Gasteiger partial charge in [0.05, 0.1) is 5.69 Å². The summed E-state index contributed by atoms with van der Waals surface area (Å²) in [5.74, 6) is 0.528. The van der Waals surface area contributed by atoms with Crippen molar-refractivity contribution < 1.29 is 8.42 Å². The van der Waals surface area contributed by atoms with Gasteiger partial charge in [0.1, 0.15) is 17.6 Å². The molecule has 1 aliphatic rings. The van der Waals surface area contributed by atoms with Gasteiger partial charge in [-0.2, -0.15) is 5.10 Å². The predicted molar refractivity (Wildman–Crippen MR) is 96.8 cm³/mol. The molecule has 0 radical (unpaired) electrons. The molecule has 7 nitrogen and oxygen atoms in total. The monoisotopic (exact) mass is 361 g/mol. The first-order chi connectivity index (χ1) is 12.1. The van der Waals surface area contributed by atoms with Crippen LogP contribution < -0.4 is 9.62 Å². The van der Waals surface area contributed by atoms with E-state index in [0.717, 1.165) is 38.2 Å². The maximum Gasteiger partial charge on any atom is 0.242 e. The zero-order valence-corrected chi connectivity index (χ0v) is 14.9. The van der Waals surface area contributed by atoms with Gasteiger partial charge in [-0.25, -0.2) is 18.1 Å². The molecule has 8 heteroatoms. The Bertz CT molecular complexity index is 796. The smallest absolute Gasteiger partial charge is 0.242 e. The third kappa shape index (κ3) is 4.26. The molecule has 1 saturated heterocycles. The standard InChI is InChI=1S/C17H23N5O2S/c1-2-9-20-25(23,24)17-6-4-3-5-16(17)21-10-7-15(8-11-21)12-22-14-18-13-19-22/h2-6,13-15,20H,1,7-12H2. The van der Waals surface area contributed by atoms with E-state index in [1.807, 2.05) is 16.8 Å². The minimum absolute atomic E-state index is 0.219. The molecular formula is C17H23N5O2S. The summed E-state index contributed by atoms with van der Waals surface area (Å²) in [5, 5.41) is 4.16. The molecule has 0 spiro atoms. The lowest BCUT2D eigenvalue weighted by atomic mass is 9.96. The molecule has 1 aromatic heterocycles. The molecule has 0 atom stereocenters. The van der Waals surface area contributed by atoms with Gasteiger partial charge < -0.3 is 4.90 Å². The minimum Gasteiger partial charge on any atom is -0.370 e. The van der Waals surface area contributed by atoms with Crippen molar-refractivity contribution in [3.05, 3.63) is 49.6 Å². The number of aromatic nitrogens is 3. The first kappa shape index (κ1) is 17.6. The van der Waals surface area contributed by atoms with Crippen molar-refractivity contribution in [2.24, 2.45) is 5.92 Å². The Morgan fingerprint density at radius 3 is 2.72 bits per heavy atom. The summed E-state index contributed by atoms with van der Waals surface area (Å²) in [4.78, 5) is 6.45. The van der Waals surface area contributed by atoms with Crippen molar-refractivity contribution in [1.82, 2.24) is 19.5 Å². The number of nitrogens with one attached hydrogen (secondary N) is 1. The highest BCUT2D eigenvalue weighted by molar-refractivity contribution is 7.89. The summed E-state index contributed by atoms with van der Waals surface area (Å²) >= 11 is 0. The number of rotatable bonds is 7. The summed E-state index contributed by atoms with van der Waals surface area (Å²) in [7, 11) is -3.54. The molecule has 1 aliphatic heterocycles. The first-order valence-corrected chi connectivity index (χ1v) is 9.85. The van der Waals surface area contributed by atoms with Crippen LogP contribution in [0.25, 0.3) is 0 Å². The Morgan fingerprint density at radius 1 is 1.28 bits per heavy atom. The van der Waals surface area contributed by atoms with E-state index < -0.39 is 10.0 Å². The number of nitrogens with zero attached hydrogens (tertiary/aromatic N) is 4. The third-order valence-corrected chi connectivity index (χ3v) is 5.91. The number of piperidine rings is 1. The van der Waals surface area contributed by atoms with Gasteiger partial charge in [-0.1, -0.05) is 18.2 Å². The van der Waals surface area contributed by atoms with Crippen molar-refractivity contribution >= 4 is 15.7 Å². The third-order valence-electron chi connectivity index (χ3n) is 4.44. The van der Waals surface area contributed by atoms with Gasteiger partial charge in [0.15, 0.2) is 0 Å². The molecular weight excluding hydrogens is 338 g/mol. The first-order valence-electron chi connectivity index (χ1n) is 8.37. The lowest BCUT2D eigenvalue weighted by Crippen LogP contribution is -2.36. The van der Waals surface area contributed by atoms with Crippen molar-refractivity contribution in [3.63, 3.8) is 0 Å². The largest absolute Gasteiger partial charge is 0.370 e. The van der Waals surface area contributed by atoms with Crippen LogP contribution in [0.5, 0.6) is 0 Å². The molecule has 134 valence electrons. The van der Waals surface area contributed by atoms with Gasteiger partial charge in [0.25, 0.3) is 0 Å². The molecule has 2 heterocycles. The van der Waals surface area contributed by atoms with Crippen LogP contribution in [0.1, 0.15) is 12.8 Å². The van der Waals surface area contributed by atoms with Crippen LogP contribution in [-0.4, -0.2) is 42.8 Å². The summed E-state index contributed by atoms with van der Waals surface area (Å²) in [6.07, 6.45) is 6.81. The summed E-state index contributed by atoms with van der Waals surface area (Å²) < 4.78 is 29.5. The molecule has 25 heavy (non-hydrogen) atoms. The van der Waals surface area contributed by atoms with Crippen LogP contribution in [-0.2, 0) is 16.6 Å². The summed E-state index contributed by atoms with van der Waals surface area (Å²) in [5.41, 5.74) is 0.762. The van der Waals surface area contributed by atoms with Gasteiger partial charge in [-0.05, 0) is 30.9 Å². The zero-order chi connectivity index (χ0) is 17.7. The Kier molecular flexibility index (Phi) is 5.50. The molecule has 3 rings (SSSR count). The second-order valence-corrected chi connectivity index (χ2v) is 7.89. The second kappa shape index (κ2) is 7.79. The lowest BCUT2D eigenvalue weighted by Gasteiger charge is -2.34. The Hall–Kier alpha value is -2.19. The zero-order valence-electron chi connectivity index (χ0n) is 14.1. The Labute approximate surface area is 148 Å². The average molecular weight is 361 g/mol. The normalized spacial score (nSPS) is 16.1. The van der Waals surface area contributed by atoms with Gasteiger partial charge in [-0.15, -0.1) is 6.58 Å². The molecule has 2 aromatic rings. The predicted octanol–water partition coefficient (Wildman–Crippen LogP) is 1.66. The van der Waals surface area contributed by atoms with Gasteiger partial charge in [-0.3, -0.25) is 4.68 Å². The molecule has 0 aliphatic carbocycles. The minimum atomic E-state index is -3.54. The highest BCUT2D eigenvalue weighted by atomic mass is 32.2. The number of benzene rings is 1. The van der Waals surface area contributed by atoms with E-state index in [4.69, 9.17) is 0 Å². The van der Waals surface area contributed by atoms with Crippen LogP contribution >= 0.6 is 0 Å². The van der Waals surface area contributed by atoms with Crippen molar-refractivity contribution in [2.75, 3.05) is 24.5 Å². The topological polar surface area (TPSA) is 80.1 Å². The van der Waals surface area contributed by atoms with E-state index in [9.17, 15) is 8.42 Å². The second-order valence-electron chi connectivity index (χ2n) is 6.16. The maximum atomic E-state index is 12.5. The van der Waals surface area contributed by atoms with E-state index >= 15 is 0 Å². The molecule has 1 aromatic carbocycles.